The third-order valence-corrected chi connectivity index (χ3v) is 4.65. The maximum Gasteiger partial charge on any atom is 0.261 e. The number of thiophene rings is 1. The van der Waals surface area contributed by atoms with Gasteiger partial charge in [0, 0.05) is 17.8 Å². The zero-order chi connectivity index (χ0) is 13.8. The van der Waals surface area contributed by atoms with Crippen LogP contribution >= 0.6 is 11.3 Å². The molecule has 3 rings (SSSR count). The molecule has 2 N–H and O–H groups in total. The van der Waals surface area contributed by atoms with Gasteiger partial charge in [0.15, 0.2) is 0 Å². The summed E-state index contributed by atoms with van der Waals surface area (Å²) in [6.07, 6.45) is 4.28. The predicted octanol–water partition coefficient (Wildman–Crippen LogP) is 2.94. The summed E-state index contributed by atoms with van der Waals surface area (Å²) in [5.74, 6) is 0.0423. The molecule has 4 heteroatoms. The van der Waals surface area contributed by atoms with Gasteiger partial charge in [-0.3, -0.25) is 4.79 Å². The van der Waals surface area contributed by atoms with Crippen LogP contribution < -0.4 is 10.6 Å². The van der Waals surface area contributed by atoms with E-state index in [0.717, 1.165) is 42.7 Å². The van der Waals surface area contributed by atoms with Crippen molar-refractivity contribution < 1.29 is 4.79 Å². The van der Waals surface area contributed by atoms with E-state index in [0.29, 0.717) is 0 Å². The second-order valence-electron chi connectivity index (χ2n) is 4.97. The molecule has 20 heavy (non-hydrogen) atoms. The molecule has 104 valence electrons. The van der Waals surface area contributed by atoms with Gasteiger partial charge in [-0.05, 0) is 36.9 Å². The van der Waals surface area contributed by atoms with Crippen molar-refractivity contribution in [3.63, 3.8) is 0 Å². The van der Waals surface area contributed by atoms with Crippen molar-refractivity contribution in [2.45, 2.75) is 12.8 Å². The maximum atomic E-state index is 12.1. The molecule has 1 amide bonds. The molecule has 0 bridgehead atoms. The molecule has 0 unspecified atom stereocenters. The van der Waals surface area contributed by atoms with Crippen molar-refractivity contribution in [3.8, 4) is 0 Å². The highest BCUT2D eigenvalue weighted by atomic mass is 32.1. The zero-order valence-electron chi connectivity index (χ0n) is 11.3. The van der Waals surface area contributed by atoms with Gasteiger partial charge < -0.3 is 10.6 Å². The highest BCUT2D eigenvalue weighted by Crippen LogP contribution is 2.25. The van der Waals surface area contributed by atoms with E-state index in [1.54, 1.807) is 11.3 Å². The maximum absolute atomic E-state index is 12.1. The third-order valence-electron chi connectivity index (χ3n) is 3.54. The van der Waals surface area contributed by atoms with Gasteiger partial charge in [-0.2, -0.15) is 0 Å². The highest BCUT2D eigenvalue weighted by molar-refractivity contribution is 7.20. The monoisotopic (exact) mass is 286 g/mol. The van der Waals surface area contributed by atoms with E-state index in [1.165, 1.54) is 10.3 Å². The van der Waals surface area contributed by atoms with Gasteiger partial charge >= 0.3 is 0 Å². The molecule has 2 aromatic rings. The van der Waals surface area contributed by atoms with Gasteiger partial charge in [-0.1, -0.05) is 29.8 Å². The normalized spacial score (nSPS) is 15.1. The number of carbonyl (C=O) groups is 1. The van der Waals surface area contributed by atoms with Crippen LogP contribution in [0.2, 0.25) is 0 Å². The number of carbonyl (C=O) groups excluding carboxylic acids is 1. The second-order valence-corrected chi connectivity index (χ2v) is 6.05. The van der Waals surface area contributed by atoms with E-state index in [9.17, 15) is 4.79 Å². The van der Waals surface area contributed by atoms with Gasteiger partial charge in [0.05, 0.1) is 4.88 Å². The van der Waals surface area contributed by atoms with E-state index in [1.807, 2.05) is 24.3 Å². The van der Waals surface area contributed by atoms with E-state index in [-0.39, 0.29) is 5.91 Å². The summed E-state index contributed by atoms with van der Waals surface area (Å²) >= 11 is 1.55. The first-order valence-electron chi connectivity index (χ1n) is 6.98. The lowest BCUT2D eigenvalue weighted by Crippen LogP contribution is -2.26. The molecule has 0 atom stereocenters. The lowest BCUT2D eigenvalue weighted by atomic mass is 10.1. The number of benzene rings is 1. The lowest BCUT2D eigenvalue weighted by Gasteiger charge is -2.13. The molecule has 0 saturated carbocycles. The van der Waals surface area contributed by atoms with Gasteiger partial charge in [0.1, 0.15) is 0 Å². The van der Waals surface area contributed by atoms with Crippen LogP contribution in [0.4, 0.5) is 0 Å². The smallest absolute Gasteiger partial charge is 0.261 e. The van der Waals surface area contributed by atoms with Crippen LogP contribution in [0.3, 0.4) is 0 Å². The zero-order valence-corrected chi connectivity index (χ0v) is 12.1. The summed E-state index contributed by atoms with van der Waals surface area (Å²) in [6.45, 7) is 2.73. The standard InChI is InChI=1S/C16H18N2OS/c19-16(18-10-7-12-5-8-17-9-6-12)15-11-13-3-1-2-4-14(13)20-15/h1-5,11,17H,6-10H2,(H,18,19). The Morgan fingerprint density at radius 3 is 3.05 bits per heavy atom. The second kappa shape index (κ2) is 6.20. The Balaban J connectivity index is 1.57. The molecular formula is C16H18N2OS. The topological polar surface area (TPSA) is 41.1 Å². The summed E-state index contributed by atoms with van der Waals surface area (Å²) in [6, 6.07) is 10.1. The van der Waals surface area contributed by atoms with Crippen LogP contribution in [0.25, 0.3) is 10.1 Å². The minimum Gasteiger partial charge on any atom is -0.351 e. The fourth-order valence-electron chi connectivity index (χ4n) is 2.41. The summed E-state index contributed by atoms with van der Waals surface area (Å²) in [5.41, 5.74) is 1.44. The molecule has 0 saturated heterocycles. The number of rotatable bonds is 4. The van der Waals surface area contributed by atoms with Crippen molar-refractivity contribution in [1.82, 2.24) is 10.6 Å². The molecular weight excluding hydrogens is 268 g/mol. The molecule has 1 aliphatic heterocycles. The largest absolute Gasteiger partial charge is 0.351 e. The molecule has 3 nitrogen and oxygen atoms in total. The molecule has 0 aliphatic carbocycles. The van der Waals surface area contributed by atoms with E-state index >= 15 is 0 Å². The van der Waals surface area contributed by atoms with Gasteiger partial charge in [0.25, 0.3) is 5.91 Å². The van der Waals surface area contributed by atoms with Crippen molar-refractivity contribution in [2.75, 3.05) is 19.6 Å². The summed E-state index contributed by atoms with van der Waals surface area (Å²) in [7, 11) is 0. The number of hydrogen-bond donors (Lipinski definition) is 2. The van der Waals surface area contributed by atoms with Crippen molar-refractivity contribution >= 4 is 27.3 Å². The molecule has 0 spiro atoms. The van der Waals surface area contributed by atoms with E-state index < -0.39 is 0 Å². The average Bonchev–Trinajstić information content (AvgIpc) is 2.92. The van der Waals surface area contributed by atoms with Gasteiger partial charge in [-0.25, -0.2) is 0 Å². The van der Waals surface area contributed by atoms with Gasteiger partial charge in [0.2, 0.25) is 0 Å². The Labute approximate surface area is 122 Å². The van der Waals surface area contributed by atoms with Crippen LogP contribution in [-0.4, -0.2) is 25.5 Å². The molecule has 0 fully saturated rings. The van der Waals surface area contributed by atoms with E-state index in [4.69, 9.17) is 0 Å². The number of nitrogens with one attached hydrogen (secondary N) is 2. The summed E-state index contributed by atoms with van der Waals surface area (Å²) in [5, 5.41) is 7.45. The van der Waals surface area contributed by atoms with Crippen molar-refractivity contribution in [2.24, 2.45) is 0 Å². The number of amides is 1. The first kappa shape index (κ1) is 13.3. The minimum atomic E-state index is 0.0423. The molecule has 1 aromatic carbocycles. The number of fused-ring (bicyclic) bond motifs is 1. The minimum absolute atomic E-state index is 0.0423. The third kappa shape index (κ3) is 3.08. The lowest BCUT2D eigenvalue weighted by molar-refractivity contribution is 0.0958. The SMILES string of the molecule is O=C(NCCC1=CCNCC1)c1cc2ccccc2s1. The molecule has 1 aromatic heterocycles. The molecule has 2 heterocycles. The summed E-state index contributed by atoms with van der Waals surface area (Å²) < 4.78 is 1.17. The Kier molecular flexibility index (Phi) is 4.14. The predicted molar refractivity (Wildman–Crippen MR) is 84.3 cm³/mol. The van der Waals surface area contributed by atoms with Crippen molar-refractivity contribution in [1.29, 1.82) is 0 Å². The quantitative estimate of drug-likeness (QED) is 0.849. The van der Waals surface area contributed by atoms with Crippen molar-refractivity contribution in [3.05, 3.63) is 46.9 Å². The Morgan fingerprint density at radius 2 is 2.25 bits per heavy atom. The average molecular weight is 286 g/mol. The van der Waals surface area contributed by atoms with Gasteiger partial charge in [-0.15, -0.1) is 11.3 Å². The Bertz CT molecular complexity index is 612. The van der Waals surface area contributed by atoms with E-state index in [2.05, 4.69) is 22.8 Å². The Morgan fingerprint density at radius 1 is 1.35 bits per heavy atom. The molecule has 0 radical (unpaired) electrons. The fourth-order valence-corrected chi connectivity index (χ4v) is 3.39. The van der Waals surface area contributed by atoms with Crippen LogP contribution in [0.5, 0.6) is 0 Å². The summed E-state index contributed by atoms with van der Waals surface area (Å²) in [4.78, 5) is 12.9. The van der Waals surface area contributed by atoms with Crippen LogP contribution in [0.15, 0.2) is 42.0 Å². The first-order chi connectivity index (χ1) is 9.83. The van der Waals surface area contributed by atoms with Crippen LogP contribution in [0.1, 0.15) is 22.5 Å². The fraction of sp³-hybridized carbons (Fsp3) is 0.312. The Hall–Kier alpha value is -1.65. The first-order valence-corrected chi connectivity index (χ1v) is 7.80. The van der Waals surface area contributed by atoms with Crippen LogP contribution in [0, 0.1) is 0 Å². The highest BCUT2D eigenvalue weighted by Gasteiger charge is 2.10. The number of hydrogen-bond acceptors (Lipinski definition) is 3. The molecule has 1 aliphatic rings. The van der Waals surface area contributed by atoms with Crippen LogP contribution in [-0.2, 0) is 0 Å².